The van der Waals surface area contributed by atoms with Gasteiger partial charge in [0.25, 0.3) is 5.91 Å². The summed E-state index contributed by atoms with van der Waals surface area (Å²) in [6.45, 7) is 7.84. The van der Waals surface area contributed by atoms with Crippen molar-refractivity contribution in [2.45, 2.75) is 27.7 Å². The van der Waals surface area contributed by atoms with Crippen LogP contribution in [0.15, 0.2) is 12.3 Å². The van der Waals surface area contributed by atoms with Crippen molar-refractivity contribution in [3.05, 3.63) is 18.0 Å². The van der Waals surface area contributed by atoms with Gasteiger partial charge in [0.1, 0.15) is 5.69 Å². The van der Waals surface area contributed by atoms with E-state index in [1.807, 2.05) is 20.8 Å². The molecule has 0 saturated carbocycles. The van der Waals surface area contributed by atoms with Crippen LogP contribution in [-0.2, 0) is 4.79 Å². The number of hydrogen-bond acceptors (Lipinski definition) is 2. The summed E-state index contributed by atoms with van der Waals surface area (Å²) in [5.74, 6) is -0.337. The molecule has 0 aromatic carbocycles. The van der Waals surface area contributed by atoms with Gasteiger partial charge in [-0.1, -0.05) is 13.8 Å². The van der Waals surface area contributed by atoms with Crippen LogP contribution in [0.5, 0.6) is 0 Å². The number of nitrogens with one attached hydrogen (secondary N) is 3. The molecule has 0 atom stereocenters. The molecule has 3 N–H and O–H groups in total. The Morgan fingerprint density at radius 2 is 2.00 bits per heavy atom. The molecule has 5 heteroatoms. The molecule has 0 aliphatic rings. The second-order valence-electron chi connectivity index (χ2n) is 2.84. The quantitative estimate of drug-likeness (QED) is 0.733. The molecule has 0 spiro atoms. The Bertz CT molecular complexity index is 345. The van der Waals surface area contributed by atoms with E-state index < -0.39 is 0 Å². The Labute approximate surface area is 95.6 Å². The Hall–Kier alpha value is -1.78. The Morgan fingerprint density at radius 3 is 2.50 bits per heavy atom. The van der Waals surface area contributed by atoms with Gasteiger partial charge in [0.05, 0.1) is 5.69 Å². The molecule has 90 valence electrons. The Kier molecular flexibility index (Phi) is 6.67. The highest BCUT2D eigenvalue weighted by atomic mass is 16.2. The van der Waals surface area contributed by atoms with Crippen LogP contribution in [0.1, 0.15) is 38.2 Å². The maximum absolute atomic E-state index is 11.3. The summed E-state index contributed by atoms with van der Waals surface area (Å²) in [4.78, 5) is 24.8. The first-order valence-corrected chi connectivity index (χ1v) is 5.37. The molecule has 0 saturated heterocycles. The van der Waals surface area contributed by atoms with Crippen molar-refractivity contribution in [2.75, 3.05) is 11.9 Å². The zero-order chi connectivity index (χ0) is 12.6. The van der Waals surface area contributed by atoms with Gasteiger partial charge >= 0.3 is 0 Å². The van der Waals surface area contributed by atoms with Gasteiger partial charge in [0, 0.05) is 19.7 Å². The molecular formula is C11H19N3O2. The number of carbonyl (C=O) groups is 2. The standard InChI is InChI=1S/C9H13N3O2.C2H6/c1-3-10-9(14)8-4-7(5-11-8)12-6(2)13;1-2/h4-5,11H,3H2,1-2H3,(H,10,14)(H,12,13);1-2H3. The summed E-state index contributed by atoms with van der Waals surface area (Å²) < 4.78 is 0. The van der Waals surface area contributed by atoms with Crippen molar-refractivity contribution in [1.82, 2.24) is 10.3 Å². The molecule has 0 aliphatic carbocycles. The van der Waals surface area contributed by atoms with Gasteiger partial charge in [-0.3, -0.25) is 9.59 Å². The second kappa shape index (κ2) is 7.50. The molecule has 1 aromatic rings. The smallest absolute Gasteiger partial charge is 0.267 e. The predicted octanol–water partition coefficient (Wildman–Crippen LogP) is 1.75. The minimum Gasteiger partial charge on any atom is -0.355 e. The third kappa shape index (κ3) is 4.63. The van der Waals surface area contributed by atoms with Gasteiger partial charge in [-0.15, -0.1) is 0 Å². The molecular weight excluding hydrogens is 206 g/mol. The van der Waals surface area contributed by atoms with Crippen molar-refractivity contribution in [3.8, 4) is 0 Å². The van der Waals surface area contributed by atoms with Crippen molar-refractivity contribution in [2.24, 2.45) is 0 Å². The maximum Gasteiger partial charge on any atom is 0.267 e. The zero-order valence-electron chi connectivity index (χ0n) is 10.2. The minimum atomic E-state index is -0.177. The van der Waals surface area contributed by atoms with Gasteiger partial charge in [-0.25, -0.2) is 0 Å². The molecule has 2 amide bonds. The summed E-state index contributed by atoms with van der Waals surface area (Å²) in [6, 6.07) is 1.59. The van der Waals surface area contributed by atoms with Crippen LogP contribution >= 0.6 is 0 Å². The van der Waals surface area contributed by atoms with Crippen LogP contribution in [-0.4, -0.2) is 23.3 Å². The fraction of sp³-hybridized carbons (Fsp3) is 0.455. The first kappa shape index (κ1) is 14.2. The maximum atomic E-state index is 11.3. The molecule has 0 radical (unpaired) electrons. The fourth-order valence-corrected chi connectivity index (χ4v) is 1.06. The van der Waals surface area contributed by atoms with E-state index in [1.165, 1.54) is 6.92 Å². The topological polar surface area (TPSA) is 74.0 Å². The third-order valence-corrected chi connectivity index (χ3v) is 1.59. The van der Waals surface area contributed by atoms with E-state index in [-0.39, 0.29) is 11.8 Å². The highest BCUT2D eigenvalue weighted by molar-refractivity contribution is 5.95. The summed E-state index contributed by atoms with van der Waals surface area (Å²) in [7, 11) is 0. The molecule has 0 aliphatic heterocycles. The molecule has 0 fully saturated rings. The largest absolute Gasteiger partial charge is 0.355 e. The average molecular weight is 225 g/mol. The molecule has 16 heavy (non-hydrogen) atoms. The Balaban J connectivity index is 0.00000106. The van der Waals surface area contributed by atoms with E-state index in [0.717, 1.165) is 0 Å². The van der Waals surface area contributed by atoms with E-state index in [4.69, 9.17) is 0 Å². The van der Waals surface area contributed by atoms with E-state index in [9.17, 15) is 9.59 Å². The first-order chi connectivity index (χ1) is 7.63. The molecule has 1 aromatic heterocycles. The third-order valence-electron chi connectivity index (χ3n) is 1.59. The lowest BCUT2D eigenvalue weighted by molar-refractivity contribution is -0.114. The van der Waals surface area contributed by atoms with Crippen LogP contribution in [0.2, 0.25) is 0 Å². The fourth-order valence-electron chi connectivity index (χ4n) is 1.06. The van der Waals surface area contributed by atoms with E-state index in [0.29, 0.717) is 17.9 Å². The van der Waals surface area contributed by atoms with Crippen molar-refractivity contribution in [3.63, 3.8) is 0 Å². The predicted molar refractivity (Wildman–Crippen MR) is 64.5 cm³/mol. The minimum absolute atomic E-state index is 0.161. The van der Waals surface area contributed by atoms with Crippen LogP contribution in [0.4, 0.5) is 5.69 Å². The van der Waals surface area contributed by atoms with Crippen LogP contribution in [0, 0.1) is 0 Å². The molecule has 0 unspecified atom stereocenters. The van der Waals surface area contributed by atoms with Gasteiger partial charge in [0.15, 0.2) is 0 Å². The lowest BCUT2D eigenvalue weighted by Crippen LogP contribution is -2.22. The monoisotopic (exact) mass is 225 g/mol. The lowest BCUT2D eigenvalue weighted by atomic mass is 10.4. The summed E-state index contributed by atoms with van der Waals surface area (Å²) in [6.07, 6.45) is 1.58. The lowest BCUT2D eigenvalue weighted by Gasteiger charge is -1.97. The number of amides is 2. The normalized spacial score (nSPS) is 8.75. The number of rotatable bonds is 3. The number of H-pyrrole nitrogens is 1. The summed E-state index contributed by atoms with van der Waals surface area (Å²) in [5.41, 5.74) is 1.04. The van der Waals surface area contributed by atoms with Gasteiger partial charge in [-0.05, 0) is 13.0 Å². The van der Waals surface area contributed by atoms with E-state index in [2.05, 4.69) is 15.6 Å². The number of hydrogen-bond donors (Lipinski definition) is 3. The van der Waals surface area contributed by atoms with Gasteiger partial charge in [0.2, 0.25) is 5.91 Å². The van der Waals surface area contributed by atoms with Crippen molar-refractivity contribution in [1.29, 1.82) is 0 Å². The highest BCUT2D eigenvalue weighted by Gasteiger charge is 2.07. The number of aromatic nitrogens is 1. The van der Waals surface area contributed by atoms with Crippen molar-refractivity contribution < 1.29 is 9.59 Å². The summed E-state index contributed by atoms with van der Waals surface area (Å²) in [5, 5.41) is 5.22. The van der Waals surface area contributed by atoms with Crippen molar-refractivity contribution >= 4 is 17.5 Å². The Morgan fingerprint density at radius 1 is 1.38 bits per heavy atom. The SMILES string of the molecule is CC.CCNC(=O)c1cc(NC(C)=O)c[nH]1. The van der Waals surface area contributed by atoms with Gasteiger partial charge < -0.3 is 15.6 Å². The van der Waals surface area contributed by atoms with Crippen LogP contribution in [0.3, 0.4) is 0 Å². The summed E-state index contributed by atoms with van der Waals surface area (Å²) >= 11 is 0. The highest BCUT2D eigenvalue weighted by Crippen LogP contribution is 2.08. The van der Waals surface area contributed by atoms with Crippen LogP contribution < -0.4 is 10.6 Å². The number of aromatic amines is 1. The van der Waals surface area contributed by atoms with E-state index >= 15 is 0 Å². The molecule has 5 nitrogen and oxygen atoms in total. The van der Waals surface area contributed by atoms with Crippen LogP contribution in [0.25, 0.3) is 0 Å². The molecule has 1 heterocycles. The first-order valence-electron chi connectivity index (χ1n) is 5.37. The van der Waals surface area contributed by atoms with E-state index in [1.54, 1.807) is 12.3 Å². The van der Waals surface area contributed by atoms with Gasteiger partial charge in [-0.2, -0.15) is 0 Å². The zero-order valence-corrected chi connectivity index (χ0v) is 10.2. The average Bonchev–Trinajstić information content (AvgIpc) is 2.69. The number of anilines is 1. The molecule has 1 rings (SSSR count). The second-order valence-corrected chi connectivity index (χ2v) is 2.84. The number of carbonyl (C=O) groups excluding carboxylic acids is 2. The molecule has 0 bridgehead atoms.